The molecule has 6 nitrogen and oxygen atoms in total. The molecule has 0 saturated carbocycles. The number of halogens is 2. The number of nitrogens with zero attached hydrogens (tertiary/aromatic N) is 1. The number of ether oxygens (including phenoxy) is 1. The minimum absolute atomic E-state index is 0.147. The fourth-order valence-corrected chi connectivity index (χ4v) is 1.63. The van der Waals surface area contributed by atoms with Crippen LogP contribution in [-0.4, -0.2) is 24.5 Å². The van der Waals surface area contributed by atoms with Crippen molar-refractivity contribution in [3.05, 3.63) is 28.2 Å². The molecule has 0 radical (unpaired) electrons. The minimum atomic E-state index is -1.40. The van der Waals surface area contributed by atoms with E-state index in [2.05, 4.69) is 5.32 Å². The second-order valence-corrected chi connectivity index (χ2v) is 4.19. The molecule has 1 unspecified atom stereocenters. The number of carbonyl (C=O) groups excluding carboxylic acids is 2. The summed E-state index contributed by atoms with van der Waals surface area (Å²) in [7, 11) is 0. The van der Waals surface area contributed by atoms with Gasteiger partial charge in [-0.3, -0.25) is 9.59 Å². The van der Waals surface area contributed by atoms with Crippen molar-refractivity contribution in [1.29, 1.82) is 5.26 Å². The van der Waals surface area contributed by atoms with Crippen LogP contribution >= 0.6 is 23.2 Å². The largest absolute Gasteiger partial charge is 0.481 e. The molecule has 0 aliphatic heterocycles. The molecule has 0 spiro atoms. The topological polar surface area (TPSA) is 105 Å². The molecule has 0 saturated heterocycles. The average Bonchev–Trinajstić information content (AvgIpc) is 2.35. The van der Waals surface area contributed by atoms with E-state index in [-0.39, 0.29) is 15.8 Å². The van der Waals surface area contributed by atoms with Crippen molar-refractivity contribution in [3.8, 4) is 11.8 Å². The maximum Gasteiger partial charge on any atom is 0.259 e. The number of para-hydroxylation sites is 1. The minimum Gasteiger partial charge on any atom is -0.481 e. The van der Waals surface area contributed by atoms with Gasteiger partial charge in [0, 0.05) is 0 Å². The third-order valence-electron chi connectivity index (χ3n) is 1.99. The monoisotopic (exact) mass is 301 g/mol. The molecule has 0 aliphatic rings. The zero-order valence-corrected chi connectivity index (χ0v) is 11.0. The van der Waals surface area contributed by atoms with Gasteiger partial charge < -0.3 is 15.8 Å². The molecule has 1 rings (SSSR count). The van der Waals surface area contributed by atoms with Crippen LogP contribution in [0.2, 0.25) is 10.0 Å². The fourth-order valence-electron chi connectivity index (χ4n) is 1.13. The average molecular weight is 302 g/mol. The van der Waals surface area contributed by atoms with Crippen molar-refractivity contribution in [2.24, 2.45) is 5.73 Å². The summed E-state index contributed by atoms with van der Waals surface area (Å²) in [5.74, 6) is -1.50. The van der Waals surface area contributed by atoms with E-state index in [0.717, 1.165) is 0 Å². The zero-order chi connectivity index (χ0) is 14.4. The SMILES string of the molecule is N#CC(NC(=O)COc1c(Cl)cccc1Cl)C(N)=O. The summed E-state index contributed by atoms with van der Waals surface area (Å²) in [6.07, 6.45) is 0. The van der Waals surface area contributed by atoms with Crippen molar-refractivity contribution in [1.82, 2.24) is 5.32 Å². The van der Waals surface area contributed by atoms with Crippen LogP contribution in [0.25, 0.3) is 0 Å². The Morgan fingerprint density at radius 1 is 1.42 bits per heavy atom. The van der Waals surface area contributed by atoms with Gasteiger partial charge in [-0.2, -0.15) is 5.26 Å². The first-order valence-electron chi connectivity index (χ1n) is 5.00. The second kappa shape index (κ2) is 6.83. The maximum absolute atomic E-state index is 11.4. The van der Waals surface area contributed by atoms with Crippen LogP contribution in [0.15, 0.2) is 18.2 Å². The van der Waals surface area contributed by atoms with Gasteiger partial charge >= 0.3 is 0 Å². The van der Waals surface area contributed by atoms with Crippen LogP contribution in [0.5, 0.6) is 5.75 Å². The first kappa shape index (κ1) is 15.1. The molecule has 2 amide bonds. The summed E-state index contributed by atoms with van der Waals surface area (Å²) >= 11 is 11.7. The second-order valence-electron chi connectivity index (χ2n) is 3.37. The van der Waals surface area contributed by atoms with E-state index in [0.29, 0.717) is 0 Å². The maximum atomic E-state index is 11.4. The Bertz CT molecular complexity index is 522. The highest BCUT2D eigenvalue weighted by molar-refractivity contribution is 6.37. The Morgan fingerprint density at radius 3 is 2.47 bits per heavy atom. The molecule has 0 aliphatic carbocycles. The van der Waals surface area contributed by atoms with Crippen molar-refractivity contribution < 1.29 is 14.3 Å². The number of nitrogens with one attached hydrogen (secondary N) is 1. The van der Waals surface area contributed by atoms with Gasteiger partial charge in [0.1, 0.15) is 0 Å². The molecule has 0 heterocycles. The highest BCUT2D eigenvalue weighted by atomic mass is 35.5. The molecule has 1 atom stereocenters. The van der Waals surface area contributed by atoms with Crippen molar-refractivity contribution in [2.45, 2.75) is 6.04 Å². The lowest BCUT2D eigenvalue weighted by Gasteiger charge is -2.11. The van der Waals surface area contributed by atoms with E-state index < -0.39 is 24.5 Å². The van der Waals surface area contributed by atoms with E-state index in [1.807, 2.05) is 0 Å². The van der Waals surface area contributed by atoms with Gasteiger partial charge in [-0.1, -0.05) is 29.3 Å². The molecule has 0 aromatic heterocycles. The van der Waals surface area contributed by atoms with Crippen molar-refractivity contribution in [2.75, 3.05) is 6.61 Å². The lowest BCUT2D eigenvalue weighted by molar-refractivity contribution is -0.127. The number of carbonyl (C=O) groups is 2. The Morgan fingerprint density at radius 2 is 2.00 bits per heavy atom. The molecule has 19 heavy (non-hydrogen) atoms. The van der Waals surface area contributed by atoms with Crippen molar-refractivity contribution in [3.63, 3.8) is 0 Å². The number of nitrogens with two attached hydrogens (primary N) is 1. The van der Waals surface area contributed by atoms with E-state index in [9.17, 15) is 9.59 Å². The smallest absolute Gasteiger partial charge is 0.259 e. The summed E-state index contributed by atoms with van der Waals surface area (Å²) in [6, 6.07) is 4.84. The van der Waals surface area contributed by atoms with Gasteiger partial charge in [0.15, 0.2) is 18.4 Å². The molecule has 0 fully saturated rings. The van der Waals surface area contributed by atoms with Crippen LogP contribution in [0, 0.1) is 11.3 Å². The van der Waals surface area contributed by atoms with Crippen LogP contribution in [-0.2, 0) is 9.59 Å². The van der Waals surface area contributed by atoms with Gasteiger partial charge in [-0.25, -0.2) is 0 Å². The summed E-state index contributed by atoms with van der Waals surface area (Å²) in [4.78, 5) is 22.2. The molecule has 0 bridgehead atoms. The van der Waals surface area contributed by atoms with Gasteiger partial charge in [-0.05, 0) is 12.1 Å². The van der Waals surface area contributed by atoms with Gasteiger partial charge in [-0.15, -0.1) is 0 Å². The molecular weight excluding hydrogens is 293 g/mol. The Balaban J connectivity index is 2.60. The zero-order valence-electron chi connectivity index (χ0n) is 9.52. The lowest BCUT2D eigenvalue weighted by Crippen LogP contribution is -2.45. The van der Waals surface area contributed by atoms with Crippen LogP contribution in [0.3, 0.4) is 0 Å². The third kappa shape index (κ3) is 4.32. The van der Waals surface area contributed by atoms with Gasteiger partial charge in [0.05, 0.1) is 16.1 Å². The number of rotatable bonds is 5. The Hall–Kier alpha value is -1.97. The standard InChI is InChI=1S/C11H9Cl2N3O3/c12-6-2-1-3-7(13)10(6)19-5-9(17)16-8(4-14)11(15)18/h1-3,8H,5H2,(H2,15,18)(H,16,17). The molecule has 100 valence electrons. The van der Waals surface area contributed by atoms with E-state index in [1.54, 1.807) is 18.2 Å². The molecule has 8 heteroatoms. The van der Waals surface area contributed by atoms with E-state index in [1.165, 1.54) is 6.07 Å². The summed E-state index contributed by atoms with van der Waals surface area (Å²) in [6.45, 7) is -0.449. The van der Waals surface area contributed by atoms with Gasteiger partial charge in [0.2, 0.25) is 0 Å². The number of primary amides is 1. The number of hydrogen-bond donors (Lipinski definition) is 2. The highest BCUT2D eigenvalue weighted by Gasteiger charge is 2.17. The third-order valence-corrected chi connectivity index (χ3v) is 2.58. The summed E-state index contributed by atoms with van der Waals surface area (Å²) in [5, 5.41) is 11.1. The molecular formula is C11H9Cl2N3O3. The Labute approximate surface area is 119 Å². The quantitative estimate of drug-likeness (QED) is 0.841. The Kier molecular flexibility index (Phi) is 5.42. The molecule has 3 N–H and O–H groups in total. The number of amides is 2. The first-order valence-corrected chi connectivity index (χ1v) is 5.76. The van der Waals surface area contributed by atoms with Crippen LogP contribution < -0.4 is 15.8 Å². The van der Waals surface area contributed by atoms with Crippen molar-refractivity contribution >= 4 is 35.0 Å². The van der Waals surface area contributed by atoms with Crippen LogP contribution in [0.1, 0.15) is 0 Å². The summed E-state index contributed by atoms with van der Waals surface area (Å²) < 4.78 is 5.12. The molecule has 1 aromatic rings. The van der Waals surface area contributed by atoms with Crippen LogP contribution in [0.4, 0.5) is 0 Å². The number of benzene rings is 1. The van der Waals surface area contributed by atoms with E-state index in [4.69, 9.17) is 38.9 Å². The predicted molar refractivity (Wildman–Crippen MR) is 68.7 cm³/mol. The number of nitriles is 1. The molecule has 1 aromatic carbocycles. The predicted octanol–water partition coefficient (Wildman–Crippen LogP) is 0.866. The first-order chi connectivity index (χ1) is 8.95. The number of hydrogen-bond acceptors (Lipinski definition) is 4. The fraction of sp³-hybridized carbons (Fsp3) is 0.182. The van der Waals surface area contributed by atoms with E-state index >= 15 is 0 Å². The summed E-state index contributed by atoms with van der Waals surface area (Å²) in [5.41, 5.74) is 4.89. The van der Waals surface area contributed by atoms with Gasteiger partial charge in [0.25, 0.3) is 11.8 Å². The highest BCUT2D eigenvalue weighted by Crippen LogP contribution is 2.32. The normalized spacial score (nSPS) is 11.2. The lowest BCUT2D eigenvalue weighted by atomic mass is 10.3.